The maximum atomic E-state index is 14.5. The van der Waals surface area contributed by atoms with Gasteiger partial charge in [-0.3, -0.25) is 4.79 Å². The zero-order valence-electron chi connectivity index (χ0n) is 18.0. The second-order valence-electron chi connectivity index (χ2n) is 8.90. The first kappa shape index (κ1) is 20.7. The highest BCUT2D eigenvalue weighted by Gasteiger charge is 2.47. The van der Waals surface area contributed by atoms with Gasteiger partial charge in [0.15, 0.2) is 11.6 Å². The van der Waals surface area contributed by atoms with Gasteiger partial charge in [-0.05, 0) is 43.5 Å². The van der Waals surface area contributed by atoms with Crippen LogP contribution in [0.3, 0.4) is 0 Å². The molecule has 9 heteroatoms. The van der Waals surface area contributed by atoms with Gasteiger partial charge in [-0.1, -0.05) is 18.2 Å². The number of nitrogens with two attached hydrogens (primary N) is 1. The summed E-state index contributed by atoms with van der Waals surface area (Å²) >= 11 is 0. The van der Waals surface area contributed by atoms with Gasteiger partial charge in [0.1, 0.15) is 0 Å². The van der Waals surface area contributed by atoms with Gasteiger partial charge in [0.25, 0.3) is 0 Å². The van der Waals surface area contributed by atoms with Crippen LogP contribution in [0.4, 0.5) is 27.5 Å². The number of piperazine rings is 1. The number of nitrogens with one attached hydrogen (secondary N) is 2. The molecular weight excluding hydrogens is 409 g/mol. The maximum absolute atomic E-state index is 14.5. The lowest BCUT2D eigenvalue weighted by Crippen LogP contribution is -2.44. The molecular formula is C23H28FN7O. The number of likely N-dealkylation sites (N-methyl/N-ethyl adjacent to an activating group) is 1. The molecule has 168 valence electrons. The predicted molar refractivity (Wildman–Crippen MR) is 122 cm³/mol. The number of aromatic nitrogens is 2. The Morgan fingerprint density at radius 3 is 2.75 bits per heavy atom. The number of carbonyl (C=O) groups excluding carboxylic acids is 1. The Balaban J connectivity index is 1.32. The summed E-state index contributed by atoms with van der Waals surface area (Å²) in [7, 11) is 2.13. The molecule has 0 spiro atoms. The summed E-state index contributed by atoms with van der Waals surface area (Å²) in [5.41, 5.74) is 7.58. The minimum atomic E-state index is -0.559. The lowest BCUT2D eigenvalue weighted by atomic mass is 9.88. The fraction of sp³-hybridized carbons (Fsp3) is 0.435. The van der Waals surface area contributed by atoms with Crippen LogP contribution in [0.5, 0.6) is 0 Å². The van der Waals surface area contributed by atoms with Crippen LogP contribution < -0.4 is 21.3 Å². The third-order valence-electron chi connectivity index (χ3n) is 6.81. The average Bonchev–Trinajstić information content (AvgIpc) is 3.38. The quantitative estimate of drug-likeness (QED) is 0.596. The summed E-state index contributed by atoms with van der Waals surface area (Å²) in [5.74, 6) is -0.673. The van der Waals surface area contributed by atoms with E-state index in [2.05, 4.69) is 55.7 Å². The second kappa shape index (κ2) is 8.38. The number of halogens is 1. The van der Waals surface area contributed by atoms with Crippen molar-refractivity contribution in [1.29, 1.82) is 0 Å². The largest absolute Gasteiger partial charge is 0.369 e. The number of carbonyl (C=O) groups is 1. The van der Waals surface area contributed by atoms with Crippen LogP contribution in [0.1, 0.15) is 6.42 Å². The first-order valence-corrected chi connectivity index (χ1v) is 11.1. The monoisotopic (exact) mass is 437 g/mol. The van der Waals surface area contributed by atoms with Gasteiger partial charge in [0.05, 0.1) is 12.1 Å². The Hall–Kier alpha value is -3.20. The molecule has 4 atom stereocenters. The van der Waals surface area contributed by atoms with Crippen molar-refractivity contribution in [3.63, 3.8) is 0 Å². The van der Waals surface area contributed by atoms with Crippen molar-refractivity contribution in [2.24, 2.45) is 23.5 Å². The minimum Gasteiger partial charge on any atom is -0.369 e. The number of amides is 1. The molecule has 8 nitrogen and oxygen atoms in total. The number of fused-ring (bicyclic) bond motifs is 2. The molecule has 1 aromatic heterocycles. The van der Waals surface area contributed by atoms with E-state index in [9.17, 15) is 9.18 Å². The normalized spacial score (nSPS) is 27.0. The standard InChI is InChI=1S/C23H28FN7O/c1-30-7-9-31(10-8-30)17-4-2-3-16(12-17)27-23-26-13-18(24)22(29-23)28-20-15-6-5-14(11-15)19(20)21(25)32/h2-6,12-15,19-20H,7-11H2,1H3,(H2,25,32)(H2,26,27,28,29). The number of hydrogen-bond acceptors (Lipinski definition) is 7. The van der Waals surface area contributed by atoms with Gasteiger partial charge < -0.3 is 26.2 Å². The molecule has 3 aliphatic rings. The van der Waals surface area contributed by atoms with E-state index < -0.39 is 5.82 Å². The molecule has 1 aliphatic heterocycles. The van der Waals surface area contributed by atoms with Gasteiger partial charge in [-0.15, -0.1) is 0 Å². The van der Waals surface area contributed by atoms with Gasteiger partial charge in [0.2, 0.25) is 11.9 Å². The van der Waals surface area contributed by atoms with E-state index in [0.29, 0.717) is 5.95 Å². The highest BCUT2D eigenvalue weighted by molar-refractivity contribution is 5.79. The molecule has 2 aliphatic carbocycles. The molecule has 5 rings (SSSR count). The van der Waals surface area contributed by atoms with E-state index in [1.54, 1.807) is 0 Å². The number of anilines is 4. The average molecular weight is 438 g/mol. The summed E-state index contributed by atoms with van der Waals surface area (Å²) in [6.45, 7) is 4.00. The number of hydrogen-bond donors (Lipinski definition) is 3. The smallest absolute Gasteiger partial charge is 0.229 e. The molecule has 4 unspecified atom stereocenters. The first-order chi connectivity index (χ1) is 15.5. The zero-order valence-corrected chi connectivity index (χ0v) is 18.0. The van der Waals surface area contributed by atoms with E-state index in [1.165, 1.54) is 0 Å². The highest BCUT2D eigenvalue weighted by atomic mass is 19.1. The second-order valence-corrected chi connectivity index (χ2v) is 8.90. The molecule has 2 bridgehead atoms. The summed E-state index contributed by atoms with van der Waals surface area (Å²) in [6.07, 6.45) is 6.10. The molecule has 0 radical (unpaired) electrons. The summed E-state index contributed by atoms with van der Waals surface area (Å²) in [5, 5.41) is 6.32. The molecule has 4 N–H and O–H groups in total. The molecule has 1 aromatic carbocycles. The summed E-state index contributed by atoms with van der Waals surface area (Å²) < 4.78 is 14.5. The number of rotatable bonds is 6. The fourth-order valence-corrected chi connectivity index (χ4v) is 5.07. The van der Waals surface area contributed by atoms with E-state index >= 15 is 0 Å². The number of benzene rings is 1. The highest BCUT2D eigenvalue weighted by Crippen LogP contribution is 2.44. The lowest BCUT2D eigenvalue weighted by molar-refractivity contribution is -0.122. The van der Waals surface area contributed by atoms with Crippen LogP contribution in [0.2, 0.25) is 0 Å². The fourth-order valence-electron chi connectivity index (χ4n) is 5.07. The molecule has 2 aromatic rings. The number of nitrogens with zero attached hydrogens (tertiary/aromatic N) is 4. The molecule has 32 heavy (non-hydrogen) atoms. The van der Waals surface area contributed by atoms with E-state index in [-0.39, 0.29) is 35.5 Å². The van der Waals surface area contributed by atoms with Crippen LogP contribution in [-0.2, 0) is 4.79 Å². The number of primary amides is 1. The summed E-state index contributed by atoms with van der Waals surface area (Å²) in [4.78, 5) is 25.1. The zero-order chi connectivity index (χ0) is 22.2. The topological polar surface area (TPSA) is 99.4 Å². The Kier molecular flexibility index (Phi) is 5.42. The van der Waals surface area contributed by atoms with Crippen molar-refractivity contribution >= 4 is 29.0 Å². The lowest BCUT2D eigenvalue weighted by Gasteiger charge is -2.34. The van der Waals surface area contributed by atoms with Crippen molar-refractivity contribution in [2.45, 2.75) is 12.5 Å². The van der Waals surface area contributed by atoms with Crippen molar-refractivity contribution < 1.29 is 9.18 Å². The SMILES string of the molecule is CN1CCN(c2cccc(Nc3ncc(F)c(NC4C5C=CC(C5)C4C(N)=O)n3)c2)CC1. The van der Waals surface area contributed by atoms with Crippen molar-refractivity contribution in [2.75, 3.05) is 48.8 Å². The molecule has 1 amide bonds. The third-order valence-corrected chi connectivity index (χ3v) is 6.81. The van der Waals surface area contributed by atoms with Gasteiger partial charge in [0, 0.05) is 43.6 Å². The van der Waals surface area contributed by atoms with E-state index in [4.69, 9.17) is 5.73 Å². The van der Waals surface area contributed by atoms with Crippen LogP contribution in [0, 0.1) is 23.6 Å². The Labute approximate surface area is 186 Å². The molecule has 2 fully saturated rings. The summed E-state index contributed by atoms with van der Waals surface area (Å²) in [6, 6.07) is 7.79. The molecule has 1 saturated heterocycles. The Morgan fingerprint density at radius 1 is 1.19 bits per heavy atom. The van der Waals surface area contributed by atoms with Crippen LogP contribution >= 0.6 is 0 Å². The van der Waals surface area contributed by atoms with Gasteiger partial charge in [-0.2, -0.15) is 4.98 Å². The van der Waals surface area contributed by atoms with Crippen molar-refractivity contribution in [1.82, 2.24) is 14.9 Å². The van der Waals surface area contributed by atoms with Crippen LogP contribution in [-0.4, -0.2) is 60.0 Å². The van der Waals surface area contributed by atoms with Crippen LogP contribution in [0.15, 0.2) is 42.6 Å². The Morgan fingerprint density at radius 2 is 1.97 bits per heavy atom. The number of allylic oxidation sites excluding steroid dienone is 1. The molecule has 2 heterocycles. The van der Waals surface area contributed by atoms with E-state index in [1.807, 2.05) is 18.2 Å². The molecule has 1 saturated carbocycles. The maximum Gasteiger partial charge on any atom is 0.229 e. The minimum absolute atomic E-state index is 0.0786. The Bertz CT molecular complexity index is 1040. The van der Waals surface area contributed by atoms with Gasteiger partial charge in [-0.25, -0.2) is 9.37 Å². The van der Waals surface area contributed by atoms with Crippen LogP contribution in [0.25, 0.3) is 0 Å². The first-order valence-electron chi connectivity index (χ1n) is 11.1. The van der Waals surface area contributed by atoms with Gasteiger partial charge >= 0.3 is 0 Å². The van der Waals surface area contributed by atoms with E-state index in [0.717, 1.165) is 50.2 Å². The third kappa shape index (κ3) is 4.00. The van der Waals surface area contributed by atoms with Crippen molar-refractivity contribution in [3.8, 4) is 0 Å². The predicted octanol–water partition coefficient (Wildman–Crippen LogP) is 2.20. The van der Waals surface area contributed by atoms with Crippen molar-refractivity contribution in [3.05, 3.63) is 48.4 Å².